The van der Waals surface area contributed by atoms with Crippen LogP contribution in [0.5, 0.6) is 0 Å². The smallest absolute Gasteiger partial charge is 0.326 e. The number of carbonyl (C=O) groups excluding carboxylic acids is 1. The first-order valence-corrected chi connectivity index (χ1v) is 11.0. The Morgan fingerprint density at radius 1 is 1.03 bits per heavy atom. The second kappa shape index (κ2) is 10.1. The van der Waals surface area contributed by atoms with Gasteiger partial charge in [0.05, 0.1) is 10.9 Å². The van der Waals surface area contributed by atoms with Crippen LogP contribution in [-0.4, -0.2) is 44.1 Å². The van der Waals surface area contributed by atoms with Gasteiger partial charge in [0.25, 0.3) is 11.5 Å². The first-order valence-electron chi connectivity index (χ1n) is 11.0. The fraction of sp³-hybridized carbons (Fsp3) is 0.160. The summed E-state index contributed by atoms with van der Waals surface area (Å²) in [5.74, 6) is -2.99. The zero-order chi connectivity index (χ0) is 25.8. The monoisotopic (exact) mass is 489 g/mol. The number of aromatic amines is 1. The molecule has 4 aromatic rings. The molecule has 1 amide bonds. The van der Waals surface area contributed by atoms with E-state index in [1.54, 1.807) is 18.2 Å². The number of carbonyl (C=O) groups is 3. The van der Waals surface area contributed by atoms with E-state index >= 15 is 0 Å². The van der Waals surface area contributed by atoms with Crippen LogP contribution in [-0.2, 0) is 16.1 Å². The lowest BCUT2D eigenvalue weighted by molar-refractivity contribution is -0.140. The molecule has 4 rings (SSSR count). The SMILES string of the molecule is Nc1nc2ccc3ccc(CNc4ccc(C(=O)NC(CCC(=O)O)C(=O)O)cc4)cc3c2c(=O)[nH]1. The van der Waals surface area contributed by atoms with Crippen LogP contribution >= 0.6 is 0 Å². The van der Waals surface area contributed by atoms with E-state index in [2.05, 4.69) is 20.6 Å². The fourth-order valence-electron chi connectivity index (χ4n) is 3.84. The quantitative estimate of drug-likeness (QED) is 0.192. The zero-order valence-electron chi connectivity index (χ0n) is 18.9. The van der Waals surface area contributed by atoms with Crippen molar-refractivity contribution in [2.24, 2.45) is 0 Å². The number of hydrogen-bond acceptors (Lipinski definition) is 7. The van der Waals surface area contributed by atoms with E-state index < -0.39 is 23.9 Å². The summed E-state index contributed by atoms with van der Waals surface area (Å²) in [5.41, 5.74) is 7.73. The number of nitrogens with zero attached hydrogens (tertiary/aromatic N) is 1. The molecular weight excluding hydrogens is 466 g/mol. The molecule has 0 spiro atoms. The van der Waals surface area contributed by atoms with E-state index in [4.69, 9.17) is 10.8 Å². The van der Waals surface area contributed by atoms with Gasteiger partial charge in [-0.15, -0.1) is 0 Å². The van der Waals surface area contributed by atoms with Crippen molar-refractivity contribution in [1.82, 2.24) is 15.3 Å². The second-order valence-corrected chi connectivity index (χ2v) is 8.19. The van der Waals surface area contributed by atoms with Gasteiger partial charge in [0.2, 0.25) is 5.95 Å². The zero-order valence-corrected chi connectivity index (χ0v) is 18.9. The van der Waals surface area contributed by atoms with Crippen LogP contribution in [0, 0.1) is 0 Å². The highest BCUT2D eigenvalue weighted by Crippen LogP contribution is 2.24. The molecule has 0 aliphatic heterocycles. The molecular formula is C25H23N5O6. The van der Waals surface area contributed by atoms with E-state index in [0.29, 0.717) is 17.4 Å². The number of nitrogen functional groups attached to an aromatic ring is 1. The Hall–Kier alpha value is -4.93. The molecule has 0 bridgehead atoms. The Morgan fingerprint density at radius 3 is 2.44 bits per heavy atom. The predicted molar refractivity (Wildman–Crippen MR) is 134 cm³/mol. The maximum absolute atomic E-state index is 12.5. The van der Waals surface area contributed by atoms with E-state index in [9.17, 15) is 24.3 Å². The molecule has 3 aromatic carbocycles. The maximum atomic E-state index is 12.5. The van der Waals surface area contributed by atoms with Crippen molar-refractivity contribution >= 4 is 51.2 Å². The number of carboxylic acids is 2. The highest BCUT2D eigenvalue weighted by Gasteiger charge is 2.21. The Kier molecular flexibility index (Phi) is 6.81. The third-order valence-electron chi connectivity index (χ3n) is 5.67. The molecule has 1 heterocycles. The minimum atomic E-state index is -1.30. The van der Waals surface area contributed by atoms with Crippen LogP contribution in [0.1, 0.15) is 28.8 Å². The van der Waals surface area contributed by atoms with Gasteiger partial charge in [0, 0.05) is 24.2 Å². The van der Waals surface area contributed by atoms with E-state index in [1.807, 2.05) is 24.3 Å². The lowest BCUT2D eigenvalue weighted by Gasteiger charge is -2.14. The average Bonchev–Trinajstić information content (AvgIpc) is 2.84. The number of carboxylic acid groups (broad SMARTS) is 2. The number of nitrogens with two attached hydrogens (primary N) is 1. The molecule has 1 atom stereocenters. The number of nitrogens with one attached hydrogen (secondary N) is 3. The molecule has 11 heteroatoms. The van der Waals surface area contributed by atoms with Gasteiger partial charge in [-0.2, -0.15) is 0 Å². The van der Waals surface area contributed by atoms with Gasteiger partial charge in [0.1, 0.15) is 6.04 Å². The molecule has 1 unspecified atom stereocenters. The average molecular weight is 489 g/mol. The van der Waals surface area contributed by atoms with Crippen molar-refractivity contribution in [1.29, 1.82) is 0 Å². The topological polar surface area (TPSA) is 187 Å². The van der Waals surface area contributed by atoms with Crippen LogP contribution in [0.15, 0.2) is 59.4 Å². The summed E-state index contributed by atoms with van der Waals surface area (Å²) in [5, 5.41) is 25.6. The van der Waals surface area contributed by atoms with Crippen molar-refractivity contribution in [3.63, 3.8) is 0 Å². The lowest BCUT2D eigenvalue weighted by Crippen LogP contribution is -2.41. The van der Waals surface area contributed by atoms with Gasteiger partial charge < -0.3 is 26.6 Å². The number of hydrogen-bond donors (Lipinski definition) is 6. The molecule has 1 aromatic heterocycles. The van der Waals surface area contributed by atoms with Gasteiger partial charge >= 0.3 is 11.9 Å². The van der Waals surface area contributed by atoms with Crippen LogP contribution in [0.2, 0.25) is 0 Å². The van der Waals surface area contributed by atoms with Gasteiger partial charge in [-0.25, -0.2) is 9.78 Å². The van der Waals surface area contributed by atoms with Gasteiger partial charge in [-0.1, -0.05) is 18.2 Å². The van der Waals surface area contributed by atoms with Gasteiger partial charge in [0.15, 0.2) is 0 Å². The largest absolute Gasteiger partial charge is 0.481 e. The number of fused-ring (bicyclic) bond motifs is 3. The summed E-state index contributed by atoms with van der Waals surface area (Å²) in [6.45, 7) is 0.439. The molecule has 0 aliphatic rings. The second-order valence-electron chi connectivity index (χ2n) is 8.19. The minimum absolute atomic E-state index is 0.0561. The molecule has 7 N–H and O–H groups in total. The van der Waals surface area contributed by atoms with Crippen LogP contribution < -0.4 is 21.9 Å². The third kappa shape index (κ3) is 5.41. The normalized spacial score (nSPS) is 11.8. The van der Waals surface area contributed by atoms with Crippen LogP contribution in [0.3, 0.4) is 0 Å². The van der Waals surface area contributed by atoms with Crippen LogP contribution in [0.4, 0.5) is 11.6 Å². The molecule has 184 valence electrons. The van der Waals surface area contributed by atoms with Crippen molar-refractivity contribution in [2.75, 3.05) is 11.1 Å². The molecule has 0 saturated heterocycles. The van der Waals surface area contributed by atoms with Crippen LogP contribution in [0.25, 0.3) is 21.7 Å². The summed E-state index contributed by atoms with van der Waals surface area (Å²) < 4.78 is 0. The van der Waals surface area contributed by atoms with Crippen molar-refractivity contribution < 1.29 is 24.6 Å². The molecule has 11 nitrogen and oxygen atoms in total. The molecule has 0 saturated carbocycles. The molecule has 0 aliphatic carbocycles. The van der Waals surface area contributed by atoms with Crippen molar-refractivity contribution in [2.45, 2.75) is 25.4 Å². The third-order valence-corrected chi connectivity index (χ3v) is 5.67. The molecule has 36 heavy (non-hydrogen) atoms. The highest BCUT2D eigenvalue weighted by molar-refractivity contribution is 6.06. The van der Waals surface area contributed by atoms with Crippen molar-refractivity contribution in [3.8, 4) is 0 Å². The number of H-pyrrole nitrogens is 1. The summed E-state index contributed by atoms with van der Waals surface area (Å²) in [7, 11) is 0. The molecule has 0 fully saturated rings. The number of amides is 1. The Balaban J connectivity index is 1.45. The van der Waals surface area contributed by atoms with Crippen molar-refractivity contribution in [3.05, 3.63) is 76.1 Å². The maximum Gasteiger partial charge on any atom is 0.326 e. The number of aliphatic carboxylic acids is 2. The van der Waals surface area contributed by atoms with Gasteiger partial charge in [-0.3, -0.25) is 19.4 Å². The Morgan fingerprint density at radius 2 is 1.75 bits per heavy atom. The van der Waals surface area contributed by atoms with Gasteiger partial charge in [-0.05, 0) is 59.2 Å². The summed E-state index contributed by atoms with van der Waals surface area (Å²) in [6, 6.07) is 14.5. The molecule has 0 radical (unpaired) electrons. The standard InChI is InChI=1S/C25H23N5O6/c26-25-29-18-8-5-14-2-1-13(11-17(14)21(18)23(34)30-25)12-27-16-6-3-15(4-7-16)22(33)28-19(24(35)36)9-10-20(31)32/h1-8,11,19,27H,9-10,12H2,(H,28,33)(H,31,32)(H,35,36)(H3,26,29,30,34). The summed E-state index contributed by atoms with van der Waals surface area (Å²) in [4.78, 5) is 53.6. The Labute approximate surface area is 204 Å². The Bertz CT molecular complexity index is 1530. The summed E-state index contributed by atoms with van der Waals surface area (Å²) >= 11 is 0. The van der Waals surface area contributed by atoms with E-state index in [1.165, 1.54) is 12.1 Å². The van der Waals surface area contributed by atoms with E-state index in [0.717, 1.165) is 22.0 Å². The number of aromatic nitrogens is 2. The fourth-order valence-corrected chi connectivity index (χ4v) is 3.84. The highest BCUT2D eigenvalue weighted by atomic mass is 16.4. The first kappa shape index (κ1) is 24.2. The first-order chi connectivity index (χ1) is 17.2. The number of benzene rings is 3. The number of anilines is 2. The lowest BCUT2D eigenvalue weighted by atomic mass is 10.0. The number of rotatable bonds is 9. The minimum Gasteiger partial charge on any atom is -0.481 e. The predicted octanol–water partition coefficient (Wildman–Crippen LogP) is 2.32. The van der Waals surface area contributed by atoms with E-state index in [-0.39, 0.29) is 29.9 Å². The summed E-state index contributed by atoms with van der Waals surface area (Å²) in [6.07, 6.45) is -0.587.